The van der Waals surface area contributed by atoms with Gasteiger partial charge >= 0.3 is 5.97 Å². The summed E-state index contributed by atoms with van der Waals surface area (Å²) in [5.74, 6) is 0.713. The summed E-state index contributed by atoms with van der Waals surface area (Å²) in [4.78, 5) is 12.0. The van der Waals surface area contributed by atoms with Crippen LogP contribution in [0.15, 0.2) is 11.6 Å². The van der Waals surface area contributed by atoms with Crippen molar-refractivity contribution in [1.82, 2.24) is 0 Å². The number of hydrogen-bond acceptors (Lipinski definition) is 2. The fraction of sp³-hybridized carbons (Fsp3) is 0.800. The minimum atomic E-state index is 0.0288. The lowest BCUT2D eigenvalue weighted by molar-refractivity contribution is -0.148. The smallest absolute Gasteiger partial charge is 0.314 e. The summed E-state index contributed by atoms with van der Waals surface area (Å²) >= 11 is 0. The Labute approximate surface area is 103 Å². The fourth-order valence-corrected chi connectivity index (χ4v) is 4.71. The molecule has 1 unspecified atom stereocenters. The number of allylic oxidation sites excluding steroid dienone is 1. The van der Waals surface area contributed by atoms with E-state index in [1.54, 1.807) is 0 Å². The van der Waals surface area contributed by atoms with Gasteiger partial charge in [0.15, 0.2) is 0 Å². The Bertz CT molecular complexity index is 394. The molecule has 17 heavy (non-hydrogen) atoms. The predicted octanol–water partition coefficient (Wildman–Crippen LogP) is 3.32. The second-order valence-corrected chi connectivity index (χ2v) is 6.96. The number of carbonyl (C=O) groups is 1. The Kier molecular flexibility index (Phi) is 2.24. The highest BCUT2D eigenvalue weighted by Gasteiger charge is 2.57. The van der Waals surface area contributed by atoms with E-state index in [1.165, 1.54) is 24.8 Å². The van der Waals surface area contributed by atoms with Gasteiger partial charge in [-0.05, 0) is 41.6 Å². The first-order valence-electron chi connectivity index (χ1n) is 6.81. The number of ether oxygens (including phenoxy) is 1. The number of cyclic esters (lactones) is 1. The van der Waals surface area contributed by atoms with E-state index in [2.05, 4.69) is 26.8 Å². The molecule has 0 bridgehead atoms. The third kappa shape index (κ3) is 1.42. The molecule has 1 aliphatic heterocycles. The van der Waals surface area contributed by atoms with Gasteiger partial charge in [-0.15, -0.1) is 0 Å². The van der Waals surface area contributed by atoms with E-state index >= 15 is 0 Å². The first kappa shape index (κ1) is 11.3. The highest BCUT2D eigenvalue weighted by Crippen LogP contribution is 2.60. The number of carbonyl (C=O) groups excluding carboxylic acids is 1. The maximum Gasteiger partial charge on any atom is 0.314 e. The van der Waals surface area contributed by atoms with Crippen LogP contribution in [-0.2, 0) is 9.53 Å². The van der Waals surface area contributed by atoms with Gasteiger partial charge in [-0.3, -0.25) is 4.79 Å². The quantitative estimate of drug-likeness (QED) is 0.475. The van der Waals surface area contributed by atoms with E-state index in [-0.39, 0.29) is 17.3 Å². The molecule has 0 aromatic heterocycles. The van der Waals surface area contributed by atoms with Gasteiger partial charge in [0.25, 0.3) is 0 Å². The van der Waals surface area contributed by atoms with Crippen molar-refractivity contribution >= 4 is 5.97 Å². The molecule has 0 amide bonds. The normalized spacial score (nSPS) is 43.5. The highest BCUT2D eigenvalue weighted by atomic mass is 16.5. The van der Waals surface area contributed by atoms with Crippen molar-refractivity contribution in [2.24, 2.45) is 22.7 Å². The van der Waals surface area contributed by atoms with Crippen molar-refractivity contribution < 1.29 is 9.53 Å². The maximum absolute atomic E-state index is 12.0. The van der Waals surface area contributed by atoms with Crippen LogP contribution in [0.3, 0.4) is 0 Å². The third-order valence-corrected chi connectivity index (χ3v) is 5.54. The van der Waals surface area contributed by atoms with Crippen LogP contribution < -0.4 is 0 Å². The zero-order chi connectivity index (χ0) is 12.3. The lowest BCUT2D eigenvalue weighted by atomic mass is 9.49. The van der Waals surface area contributed by atoms with Gasteiger partial charge in [-0.25, -0.2) is 0 Å². The molecule has 1 heterocycles. The average molecular weight is 234 g/mol. The fourth-order valence-electron chi connectivity index (χ4n) is 4.71. The van der Waals surface area contributed by atoms with Crippen LogP contribution in [0.25, 0.3) is 0 Å². The van der Waals surface area contributed by atoms with E-state index < -0.39 is 0 Å². The van der Waals surface area contributed by atoms with E-state index in [4.69, 9.17) is 4.74 Å². The topological polar surface area (TPSA) is 26.3 Å². The van der Waals surface area contributed by atoms with E-state index in [0.29, 0.717) is 17.9 Å². The largest absolute Gasteiger partial charge is 0.461 e. The summed E-state index contributed by atoms with van der Waals surface area (Å²) in [6, 6.07) is 0. The Balaban J connectivity index is 2.05. The van der Waals surface area contributed by atoms with E-state index in [9.17, 15) is 4.79 Å². The predicted molar refractivity (Wildman–Crippen MR) is 66.4 cm³/mol. The van der Waals surface area contributed by atoms with Crippen LogP contribution in [0.4, 0.5) is 0 Å². The first-order chi connectivity index (χ1) is 7.95. The van der Waals surface area contributed by atoms with E-state index in [1.807, 2.05) is 0 Å². The van der Waals surface area contributed by atoms with Gasteiger partial charge in [-0.2, -0.15) is 0 Å². The van der Waals surface area contributed by atoms with Crippen LogP contribution in [0.1, 0.15) is 46.5 Å². The standard InChI is InChI=1S/C15H22O2/c1-14(2)7-4-8-15(3)11(14)6-5-10-9-17-13(16)12(10)15/h5,11-12H,4,6-9H2,1-3H3/t11?,12-,15+/m1/s1. The molecule has 2 fully saturated rings. The van der Waals surface area contributed by atoms with Crippen molar-refractivity contribution in [3.63, 3.8) is 0 Å². The van der Waals surface area contributed by atoms with Crippen molar-refractivity contribution in [3.05, 3.63) is 11.6 Å². The Hall–Kier alpha value is -0.790. The molecular formula is C15H22O2. The van der Waals surface area contributed by atoms with Gasteiger partial charge in [0, 0.05) is 0 Å². The molecule has 2 nitrogen and oxygen atoms in total. The summed E-state index contributed by atoms with van der Waals surface area (Å²) < 4.78 is 5.28. The lowest BCUT2D eigenvalue weighted by Gasteiger charge is -2.54. The number of esters is 1. The SMILES string of the molecule is CC1(C)CCC[C@@]2(C)C1CC=C1COC(=O)[C@@H]12. The van der Waals surface area contributed by atoms with Crippen LogP contribution in [0.2, 0.25) is 0 Å². The second-order valence-electron chi connectivity index (χ2n) is 6.96. The van der Waals surface area contributed by atoms with Crippen LogP contribution in [0.5, 0.6) is 0 Å². The minimum Gasteiger partial charge on any atom is -0.461 e. The molecule has 3 aliphatic rings. The molecule has 1 saturated carbocycles. The summed E-state index contributed by atoms with van der Waals surface area (Å²) in [5, 5.41) is 0. The van der Waals surface area contributed by atoms with Gasteiger partial charge in [-0.1, -0.05) is 33.3 Å². The molecule has 94 valence electrons. The monoisotopic (exact) mass is 234 g/mol. The molecule has 3 atom stereocenters. The maximum atomic E-state index is 12.0. The molecule has 0 spiro atoms. The average Bonchev–Trinajstić information content (AvgIpc) is 2.60. The number of hydrogen-bond donors (Lipinski definition) is 0. The van der Waals surface area contributed by atoms with Crippen molar-refractivity contribution in [2.75, 3.05) is 6.61 Å². The molecule has 3 rings (SSSR count). The molecule has 0 N–H and O–H groups in total. The van der Waals surface area contributed by atoms with Crippen molar-refractivity contribution in [3.8, 4) is 0 Å². The van der Waals surface area contributed by atoms with Gasteiger partial charge in [0.1, 0.15) is 6.61 Å². The van der Waals surface area contributed by atoms with Crippen LogP contribution in [-0.4, -0.2) is 12.6 Å². The third-order valence-electron chi connectivity index (χ3n) is 5.54. The van der Waals surface area contributed by atoms with E-state index in [0.717, 1.165) is 6.42 Å². The zero-order valence-electron chi connectivity index (χ0n) is 11.1. The first-order valence-corrected chi connectivity index (χ1v) is 6.81. The molecule has 2 heteroatoms. The van der Waals surface area contributed by atoms with Crippen LogP contribution in [0, 0.1) is 22.7 Å². The summed E-state index contributed by atoms with van der Waals surface area (Å²) in [5.41, 5.74) is 1.75. The zero-order valence-corrected chi connectivity index (χ0v) is 11.1. The second kappa shape index (κ2) is 3.37. The summed E-state index contributed by atoms with van der Waals surface area (Å²) in [6.45, 7) is 7.61. The van der Waals surface area contributed by atoms with Crippen molar-refractivity contribution in [1.29, 1.82) is 0 Å². The molecule has 0 radical (unpaired) electrons. The van der Waals surface area contributed by atoms with Crippen molar-refractivity contribution in [2.45, 2.75) is 46.5 Å². The van der Waals surface area contributed by atoms with Gasteiger partial charge in [0.05, 0.1) is 5.92 Å². The Morgan fingerprint density at radius 3 is 2.82 bits per heavy atom. The molecular weight excluding hydrogens is 212 g/mol. The Morgan fingerprint density at radius 1 is 1.29 bits per heavy atom. The number of rotatable bonds is 0. The van der Waals surface area contributed by atoms with Gasteiger partial charge in [0.2, 0.25) is 0 Å². The molecule has 0 aromatic carbocycles. The molecule has 1 saturated heterocycles. The highest BCUT2D eigenvalue weighted by molar-refractivity contribution is 5.80. The lowest BCUT2D eigenvalue weighted by Crippen LogP contribution is -2.49. The molecule has 2 aliphatic carbocycles. The minimum absolute atomic E-state index is 0.0288. The number of fused-ring (bicyclic) bond motifs is 3. The summed E-state index contributed by atoms with van der Waals surface area (Å²) in [6.07, 6.45) is 7.13. The summed E-state index contributed by atoms with van der Waals surface area (Å²) in [7, 11) is 0. The Morgan fingerprint density at radius 2 is 2.06 bits per heavy atom. The van der Waals surface area contributed by atoms with Crippen LogP contribution >= 0.6 is 0 Å². The van der Waals surface area contributed by atoms with Gasteiger partial charge < -0.3 is 4.74 Å². The molecule has 0 aromatic rings.